The van der Waals surface area contributed by atoms with Crippen LogP contribution in [0.4, 0.5) is 32.8 Å². The molecule has 8 aromatic rings. The van der Waals surface area contributed by atoms with Gasteiger partial charge < -0.3 is 9.80 Å². The van der Waals surface area contributed by atoms with Crippen molar-refractivity contribution in [1.82, 2.24) is 8.75 Å². The lowest BCUT2D eigenvalue weighted by Crippen LogP contribution is -2.07. The number of rotatable bonds is 8. The van der Waals surface area contributed by atoms with Gasteiger partial charge in [0.1, 0.15) is 21.0 Å². The third kappa shape index (κ3) is 5.47. The average molecular weight is 660 g/mol. The van der Waals surface area contributed by atoms with E-state index in [0.29, 0.717) is 5.56 Å². The van der Waals surface area contributed by atoms with Crippen molar-refractivity contribution in [3.63, 3.8) is 0 Å². The van der Waals surface area contributed by atoms with Gasteiger partial charge in [-0.3, -0.25) is 0 Å². The van der Waals surface area contributed by atoms with Crippen molar-refractivity contribution in [2.45, 2.75) is 0 Å². The Morgan fingerprint density at radius 3 is 1.38 bits per heavy atom. The number of thiophene rings is 2. The van der Waals surface area contributed by atoms with Crippen molar-refractivity contribution < 1.29 is 0 Å². The van der Waals surface area contributed by atoms with Gasteiger partial charge >= 0.3 is 0 Å². The van der Waals surface area contributed by atoms with E-state index in [4.69, 9.17) is 8.75 Å². The van der Waals surface area contributed by atoms with Gasteiger partial charge in [-0.2, -0.15) is 14.0 Å². The van der Waals surface area contributed by atoms with Crippen molar-refractivity contribution in [3.8, 4) is 27.0 Å². The Morgan fingerprint density at radius 1 is 0.489 bits per heavy atom. The van der Waals surface area contributed by atoms with Gasteiger partial charge in [0.05, 0.1) is 23.4 Å². The first-order valence-electron chi connectivity index (χ1n) is 15.0. The third-order valence-corrected chi connectivity index (χ3v) is 10.6. The minimum Gasteiger partial charge on any atom is -0.302 e. The summed E-state index contributed by atoms with van der Waals surface area (Å²) in [5, 5.41) is 12.6. The van der Waals surface area contributed by atoms with Gasteiger partial charge in [-0.1, -0.05) is 72.8 Å². The van der Waals surface area contributed by atoms with Crippen molar-refractivity contribution in [2.75, 3.05) is 9.80 Å². The number of hydrogen-bond donors (Lipinski definition) is 0. The molecule has 5 nitrogen and oxygen atoms in total. The summed E-state index contributed by atoms with van der Waals surface area (Å²) in [6, 6.07) is 54.3. The first-order valence-corrected chi connectivity index (χ1v) is 17.3. The predicted octanol–water partition coefficient (Wildman–Crippen LogP) is 12.0. The van der Waals surface area contributed by atoms with Crippen LogP contribution < -0.4 is 9.80 Å². The van der Waals surface area contributed by atoms with E-state index in [1.54, 1.807) is 22.7 Å². The maximum Gasteiger partial charge on any atom is 0.115 e. The molecule has 0 aliphatic rings. The van der Waals surface area contributed by atoms with Crippen LogP contribution >= 0.6 is 34.4 Å². The molecule has 0 spiro atoms. The Hall–Kier alpha value is -5.59. The molecule has 0 amide bonds. The molecule has 0 N–H and O–H groups in total. The molecule has 0 bridgehead atoms. The first kappa shape index (κ1) is 28.9. The number of aromatic nitrogens is 2. The molecule has 0 aliphatic carbocycles. The van der Waals surface area contributed by atoms with Crippen LogP contribution in [0, 0.1) is 11.3 Å². The summed E-state index contributed by atoms with van der Waals surface area (Å²) in [6.45, 7) is 0. The van der Waals surface area contributed by atoms with Gasteiger partial charge in [0.25, 0.3) is 0 Å². The fraction of sp³-hybridized carbons (Fsp3) is 0. The molecule has 3 aromatic heterocycles. The van der Waals surface area contributed by atoms with Gasteiger partial charge in [0, 0.05) is 43.6 Å². The van der Waals surface area contributed by atoms with Crippen LogP contribution in [0.15, 0.2) is 152 Å². The highest BCUT2D eigenvalue weighted by atomic mass is 32.1. The normalized spacial score (nSPS) is 11.0. The van der Waals surface area contributed by atoms with E-state index in [0.717, 1.165) is 64.7 Å². The Morgan fingerprint density at radius 2 is 0.915 bits per heavy atom. The second-order valence-corrected chi connectivity index (χ2v) is 13.4. The summed E-state index contributed by atoms with van der Waals surface area (Å²) in [5.74, 6) is 0. The van der Waals surface area contributed by atoms with E-state index in [1.807, 2.05) is 54.6 Å². The van der Waals surface area contributed by atoms with Crippen LogP contribution in [0.5, 0.6) is 0 Å². The smallest absolute Gasteiger partial charge is 0.115 e. The SMILES string of the molecule is N#Cc1cc(-c2ccc(N(c3ccccc3)c3ccccc3)s2)c2nsnc2c1-c1ccc(N(c2ccccc2)c2ccccc2)s1. The molecule has 0 radical (unpaired) electrons. The van der Waals surface area contributed by atoms with Crippen LogP contribution in [-0.4, -0.2) is 8.75 Å². The van der Waals surface area contributed by atoms with E-state index in [9.17, 15) is 5.26 Å². The summed E-state index contributed by atoms with van der Waals surface area (Å²) in [6.07, 6.45) is 0. The quantitative estimate of drug-likeness (QED) is 0.162. The average Bonchev–Trinajstić information content (AvgIpc) is 3.92. The van der Waals surface area contributed by atoms with E-state index < -0.39 is 0 Å². The van der Waals surface area contributed by atoms with Gasteiger partial charge in [-0.15, -0.1) is 22.7 Å². The number of para-hydroxylation sites is 4. The molecule has 0 atom stereocenters. The van der Waals surface area contributed by atoms with E-state index >= 15 is 0 Å². The molecular formula is C39H25N5S3. The molecule has 0 saturated carbocycles. The summed E-state index contributed by atoms with van der Waals surface area (Å²) in [7, 11) is 0. The molecule has 0 saturated heterocycles. The monoisotopic (exact) mass is 659 g/mol. The maximum absolute atomic E-state index is 10.5. The fourth-order valence-electron chi connectivity index (χ4n) is 5.76. The van der Waals surface area contributed by atoms with Crippen LogP contribution in [0.2, 0.25) is 0 Å². The summed E-state index contributed by atoms with van der Waals surface area (Å²) < 4.78 is 9.54. The number of nitrogens with zero attached hydrogens (tertiary/aromatic N) is 5. The second kappa shape index (κ2) is 12.7. The molecule has 224 valence electrons. The molecule has 3 heterocycles. The highest BCUT2D eigenvalue weighted by Crippen LogP contribution is 2.47. The molecule has 8 rings (SSSR count). The van der Waals surface area contributed by atoms with Crippen LogP contribution in [0.3, 0.4) is 0 Å². The Kier molecular flexibility index (Phi) is 7.77. The van der Waals surface area contributed by atoms with Gasteiger partial charge in [-0.05, 0) is 78.9 Å². The minimum absolute atomic E-state index is 0.581. The number of fused-ring (bicyclic) bond motifs is 1. The summed E-state index contributed by atoms with van der Waals surface area (Å²) in [5.41, 5.74) is 8.17. The van der Waals surface area contributed by atoms with Crippen molar-refractivity contribution in [2.24, 2.45) is 0 Å². The molecule has 0 unspecified atom stereocenters. The largest absolute Gasteiger partial charge is 0.302 e. The highest BCUT2D eigenvalue weighted by Gasteiger charge is 2.23. The number of anilines is 6. The predicted molar refractivity (Wildman–Crippen MR) is 198 cm³/mol. The van der Waals surface area contributed by atoms with Crippen LogP contribution in [-0.2, 0) is 0 Å². The minimum atomic E-state index is 0.581. The van der Waals surface area contributed by atoms with Gasteiger partial charge in [0.15, 0.2) is 0 Å². The van der Waals surface area contributed by atoms with E-state index in [1.165, 1.54) is 11.7 Å². The van der Waals surface area contributed by atoms with E-state index in [2.05, 4.69) is 113 Å². The number of hydrogen-bond acceptors (Lipinski definition) is 8. The molecular weight excluding hydrogens is 635 g/mol. The first-order chi connectivity index (χ1) is 23.3. The lowest BCUT2D eigenvalue weighted by molar-refractivity contribution is 1.32. The maximum atomic E-state index is 10.5. The van der Waals surface area contributed by atoms with E-state index in [-0.39, 0.29) is 0 Å². The van der Waals surface area contributed by atoms with Gasteiger partial charge in [0.2, 0.25) is 0 Å². The highest BCUT2D eigenvalue weighted by molar-refractivity contribution is 7.20. The second-order valence-electron chi connectivity index (χ2n) is 10.7. The van der Waals surface area contributed by atoms with Crippen LogP contribution in [0.25, 0.3) is 31.9 Å². The zero-order chi connectivity index (χ0) is 31.6. The van der Waals surface area contributed by atoms with Crippen molar-refractivity contribution in [3.05, 3.63) is 157 Å². The van der Waals surface area contributed by atoms with Gasteiger partial charge in [-0.25, -0.2) is 0 Å². The molecule has 47 heavy (non-hydrogen) atoms. The Bertz CT molecular complexity index is 2240. The van der Waals surface area contributed by atoms with Crippen LogP contribution in [0.1, 0.15) is 5.56 Å². The Labute approximate surface area is 284 Å². The molecule has 0 fully saturated rings. The lowest BCUT2D eigenvalue weighted by Gasteiger charge is -2.23. The summed E-state index contributed by atoms with van der Waals surface area (Å²) in [4.78, 5) is 6.50. The zero-order valence-corrected chi connectivity index (χ0v) is 27.3. The standard InChI is InChI=1S/C39H25N5S3/c40-26-27-25-32(33-21-23-35(45-33)43(28-13-5-1-6-14-28)29-15-7-2-8-16-29)38-39(42-47-41-38)37(27)34-22-24-36(46-34)44(30-17-9-3-10-18-30)31-19-11-4-12-20-31/h1-25H. The number of nitriles is 1. The number of benzene rings is 5. The molecule has 8 heteroatoms. The fourth-order valence-corrected chi connectivity index (χ4v) is 8.50. The topological polar surface area (TPSA) is 56.1 Å². The van der Waals surface area contributed by atoms with Crippen molar-refractivity contribution >= 4 is 78.2 Å². The molecule has 5 aromatic carbocycles. The summed E-state index contributed by atoms with van der Waals surface area (Å²) >= 11 is 4.50. The zero-order valence-electron chi connectivity index (χ0n) is 24.9. The lowest BCUT2D eigenvalue weighted by atomic mass is 10.00. The van der Waals surface area contributed by atoms with Crippen molar-refractivity contribution in [1.29, 1.82) is 5.26 Å². The molecule has 0 aliphatic heterocycles. The Balaban J connectivity index is 1.22. The third-order valence-electron chi connectivity index (χ3n) is 7.85.